The number of aromatic nitrogens is 3. The third-order valence-corrected chi connectivity index (χ3v) is 3.89. The Morgan fingerprint density at radius 2 is 1.84 bits per heavy atom. The lowest BCUT2D eigenvalue weighted by Gasteiger charge is -2.08. The van der Waals surface area contributed by atoms with Crippen LogP contribution in [0.4, 0.5) is 5.69 Å². The number of hydrogen-bond acceptors (Lipinski definition) is 5. The maximum Gasteiger partial charge on any atom is 0.182 e. The molecule has 0 fully saturated rings. The van der Waals surface area contributed by atoms with E-state index < -0.39 is 0 Å². The smallest absolute Gasteiger partial charge is 0.182 e. The highest BCUT2D eigenvalue weighted by Gasteiger charge is 2.09. The highest BCUT2D eigenvalue weighted by atomic mass is 35.5. The van der Waals surface area contributed by atoms with Crippen LogP contribution in [0.2, 0.25) is 5.02 Å². The number of rotatable bonds is 6. The van der Waals surface area contributed by atoms with Crippen LogP contribution in [0.5, 0.6) is 0 Å². The molecule has 0 radical (unpaired) electrons. The van der Waals surface area contributed by atoms with Crippen molar-refractivity contribution >= 4 is 23.0 Å². The third kappa shape index (κ3) is 4.39. The number of nitrogens with zero attached hydrogens (tertiary/aromatic N) is 4. The Balaban J connectivity index is 1.90. The zero-order valence-electron chi connectivity index (χ0n) is 13.9. The first kappa shape index (κ1) is 17.0. The van der Waals surface area contributed by atoms with Crippen molar-refractivity contribution in [3.63, 3.8) is 0 Å². The van der Waals surface area contributed by atoms with Gasteiger partial charge in [-0.1, -0.05) is 67.4 Å². The Kier molecular flexibility index (Phi) is 5.69. The predicted molar refractivity (Wildman–Crippen MR) is 102 cm³/mol. The second-order valence-electron chi connectivity index (χ2n) is 5.43. The largest absolute Gasteiger partial charge is 0.277 e. The lowest BCUT2D eigenvalue weighted by molar-refractivity contribution is 0.944. The van der Waals surface area contributed by atoms with Gasteiger partial charge in [-0.05, 0) is 18.6 Å². The van der Waals surface area contributed by atoms with Gasteiger partial charge in [0.1, 0.15) is 5.69 Å². The van der Waals surface area contributed by atoms with E-state index in [1.807, 2.05) is 54.6 Å². The molecule has 2 aromatic carbocycles. The van der Waals surface area contributed by atoms with E-state index in [4.69, 9.17) is 11.6 Å². The van der Waals surface area contributed by atoms with E-state index in [1.165, 1.54) is 0 Å². The molecule has 6 heteroatoms. The summed E-state index contributed by atoms with van der Waals surface area (Å²) in [7, 11) is 0. The van der Waals surface area contributed by atoms with Crippen LogP contribution < -0.4 is 5.43 Å². The summed E-state index contributed by atoms with van der Waals surface area (Å²) in [5.74, 6) is 0.583. The molecule has 0 saturated heterocycles. The average molecular weight is 352 g/mol. The van der Waals surface area contributed by atoms with Gasteiger partial charge in [-0.25, -0.2) is 4.98 Å². The Labute approximate surface area is 151 Å². The zero-order chi connectivity index (χ0) is 17.5. The Morgan fingerprint density at radius 3 is 2.60 bits per heavy atom. The van der Waals surface area contributed by atoms with E-state index >= 15 is 0 Å². The van der Waals surface area contributed by atoms with Gasteiger partial charge < -0.3 is 0 Å². The first-order valence-corrected chi connectivity index (χ1v) is 8.48. The molecule has 25 heavy (non-hydrogen) atoms. The summed E-state index contributed by atoms with van der Waals surface area (Å²) in [6.07, 6.45) is 3.34. The molecule has 1 N–H and O–H groups in total. The van der Waals surface area contributed by atoms with Crippen LogP contribution in [0.1, 0.15) is 25.5 Å². The number of benzene rings is 2. The van der Waals surface area contributed by atoms with Gasteiger partial charge in [0.25, 0.3) is 0 Å². The maximum atomic E-state index is 6.17. The fourth-order valence-electron chi connectivity index (χ4n) is 2.31. The van der Waals surface area contributed by atoms with E-state index in [0.29, 0.717) is 16.5 Å². The second kappa shape index (κ2) is 8.35. The van der Waals surface area contributed by atoms with Gasteiger partial charge in [-0.3, -0.25) is 5.43 Å². The highest BCUT2D eigenvalue weighted by molar-refractivity contribution is 6.33. The monoisotopic (exact) mass is 351 g/mol. The molecule has 0 aliphatic rings. The number of hydrazone groups is 1. The van der Waals surface area contributed by atoms with Crippen molar-refractivity contribution in [2.45, 2.75) is 19.8 Å². The molecular weight excluding hydrogens is 334 g/mol. The SMILES string of the molecule is CCC/C(=N/Nc1ccccc1Cl)c1cnnc(-c2ccccc2)n1. The number of para-hydroxylation sites is 1. The van der Waals surface area contributed by atoms with Crippen LogP contribution in [-0.4, -0.2) is 20.9 Å². The highest BCUT2D eigenvalue weighted by Crippen LogP contribution is 2.21. The molecule has 3 rings (SSSR count). The van der Waals surface area contributed by atoms with Crippen molar-refractivity contribution in [2.75, 3.05) is 5.43 Å². The van der Waals surface area contributed by atoms with E-state index in [9.17, 15) is 0 Å². The zero-order valence-corrected chi connectivity index (χ0v) is 14.6. The third-order valence-electron chi connectivity index (χ3n) is 3.56. The number of nitrogens with one attached hydrogen (secondary N) is 1. The van der Waals surface area contributed by atoms with Crippen molar-refractivity contribution in [1.29, 1.82) is 0 Å². The minimum atomic E-state index is 0.583. The number of hydrogen-bond donors (Lipinski definition) is 1. The Morgan fingerprint density at radius 1 is 1.08 bits per heavy atom. The molecule has 0 aliphatic carbocycles. The van der Waals surface area contributed by atoms with Crippen LogP contribution in [0.15, 0.2) is 65.9 Å². The minimum Gasteiger partial charge on any atom is -0.277 e. The molecule has 0 saturated carbocycles. The fraction of sp³-hybridized carbons (Fsp3) is 0.158. The Bertz CT molecular complexity index is 864. The molecule has 0 amide bonds. The molecule has 0 spiro atoms. The first-order valence-electron chi connectivity index (χ1n) is 8.10. The minimum absolute atomic E-state index is 0.583. The van der Waals surface area contributed by atoms with Crippen LogP contribution in [0.25, 0.3) is 11.4 Å². The van der Waals surface area contributed by atoms with Gasteiger partial charge in [0.2, 0.25) is 0 Å². The van der Waals surface area contributed by atoms with Crippen molar-refractivity contribution < 1.29 is 0 Å². The average Bonchev–Trinajstić information content (AvgIpc) is 2.67. The summed E-state index contributed by atoms with van der Waals surface area (Å²) >= 11 is 6.17. The van der Waals surface area contributed by atoms with Gasteiger partial charge in [-0.15, -0.1) is 5.10 Å². The van der Waals surface area contributed by atoms with Crippen LogP contribution in [0.3, 0.4) is 0 Å². The van der Waals surface area contributed by atoms with Gasteiger partial charge in [-0.2, -0.15) is 10.2 Å². The molecule has 0 unspecified atom stereocenters. The van der Waals surface area contributed by atoms with Crippen molar-refractivity contribution in [2.24, 2.45) is 5.10 Å². The molecule has 1 aromatic heterocycles. The second-order valence-corrected chi connectivity index (χ2v) is 5.84. The van der Waals surface area contributed by atoms with Crippen LogP contribution >= 0.6 is 11.6 Å². The molecule has 126 valence electrons. The van der Waals surface area contributed by atoms with Gasteiger partial charge in [0, 0.05) is 5.56 Å². The van der Waals surface area contributed by atoms with E-state index in [2.05, 4.69) is 32.6 Å². The van der Waals surface area contributed by atoms with E-state index in [0.717, 1.165) is 29.8 Å². The number of halogens is 1. The summed E-state index contributed by atoms with van der Waals surface area (Å²) in [6, 6.07) is 17.3. The summed E-state index contributed by atoms with van der Waals surface area (Å²) in [5.41, 5.74) is 6.22. The topological polar surface area (TPSA) is 63.1 Å². The van der Waals surface area contributed by atoms with E-state index in [1.54, 1.807) is 6.20 Å². The summed E-state index contributed by atoms with van der Waals surface area (Å²) in [4.78, 5) is 4.62. The molecule has 0 bridgehead atoms. The molecule has 0 aliphatic heterocycles. The lowest BCUT2D eigenvalue weighted by atomic mass is 10.1. The summed E-state index contributed by atoms with van der Waals surface area (Å²) in [6.45, 7) is 2.09. The maximum absolute atomic E-state index is 6.17. The van der Waals surface area contributed by atoms with Crippen molar-refractivity contribution in [3.05, 3.63) is 71.5 Å². The molecule has 5 nitrogen and oxygen atoms in total. The predicted octanol–water partition coefficient (Wildman–Crippen LogP) is 4.81. The van der Waals surface area contributed by atoms with Gasteiger partial charge in [0.05, 0.1) is 22.6 Å². The van der Waals surface area contributed by atoms with Crippen molar-refractivity contribution in [3.8, 4) is 11.4 Å². The molecular formula is C19H18ClN5. The molecule has 1 heterocycles. The summed E-state index contributed by atoms with van der Waals surface area (Å²) < 4.78 is 0. The normalized spacial score (nSPS) is 11.4. The fourth-order valence-corrected chi connectivity index (χ4v) is 2.49. The molecule has 3 aromatic rings. The number of anilines is 1. The van der Waals surface area contributed by atoms with E-state index in [-0.39, 0.29) is 0 Å². The van der Waals surface area contributed by atoms with Crippen molar-refractivity contribution in [1.82, 2.24) is 15.2 Å². The quantitative estimate of drug-likeness (QED) is 0.511. The summed E-state index contributed by atoms with van der Waals surface area (Å²) in [5, 5.41) is 13.3. The molecule has 0 atom stereocenters. The first-order chi connectivity index (χ1) is 12.3. The van der Waals surface area contributed by atoms with Crippen LogP contribution in [0, 0.1) is 0 Å². The van der Waals surface area contributed by atoms with Gasteiger partial charge in [0.15, 0.2) is 5.82 Å². The lowest BCUT2D eigenvalue weighted by Crippen LogP contribution is -2.09. The van der Waals surface area contributed by atoms with Gasteiger partial charge >= 0.3 is 0 Å². The standard InChI is InChI=1S/C19H18ClN5/c1-2-8-17(24-23-16-12-7-6-11-15(16)20)18-13-21-25-19(22-18)14-9-4-3-5-10-14/h3-7,9-13,23H,2,8H2,1H3/b24-17-. The van der Waals surface area contributed by atoms with Crippen LogP contribution in [-0.2, 0) is 0 Å². The Hall–Kier alpha value is -2.79.